The molecule has 1 atom stereocenters. The molecule has 0 spiro atoms. The fourth-order valence-corrected chi connectivity index (χ4v) is 1.56. The third kappa shape index (κ3) is 3.49. The van der Waals surface area contributed by atoms with Gasteiger partial charge in [-0.15, -0.1) is 0 Å². The molecule has 1 aromatic rings. The van der Waals surface area contributed by atoms with Crippen LogP contribution in [0.15, 0.2) is 18.2 Å². The molecular weight excluding hydrogens is 228 g/mol. The van der Waals surface area contributed by atoms with Crippen LogP contribution in [-0.4, -0.2) is 12.6 Å². The van der Waals surface area contributed by atoms with Crippen LogP contribution in [0.2, 0.25) is 0 Å². The maximum absolute atomic E-state index is 13.5. The van der Waals surface area contributed by atoms with Gasteiger partial charge in [-0.25, -0.2) is 8.78 Å². The quantitative estimate of drug-likeness (QED) is 0.824. The monoisotopic (exact) mass is 243 g/mol. The maximum Gasteiger partial charge on any atom is 0.307 e. The summed E-state index contributed by atoms with van der Waals surface area (Å²) in [5.41, 5.74) is 4.73. The summed E-state index contributed by atoms with van der Waals surface area (Å²) in [7, 11) is 0. The van der Waals surface area contributed by atoms with Crippen LogP contribution in [0.1, 0.15) is 25.8 Å². The van der Waals surface area contributed by atoms with Crippen molar-refractivity contribution in [2.45, 2.75) is 25.8 Å². The number of rotatable bonds is 4. The van der Waals surface area contributed by atoms with E-state index in [1.165, 1.54) is 13.0 Å². The van der Waals surface area contributed by atoms with Gasteiger partial charge in [0, 0.05) is 11.6 Å². The molecule has 0 aromatic heterocycles. The van der Waals surface area contributed by atoms with Gasteiger partial charge in [-0.1, -0.05) is 6.07 Å². The SMILES string of the molecule is CCOC(=O)C[C@](C)(N)c1ccc(F)cc1F. The van der Waals surface area contributed by atoms with Crippen LogP contribution in [-0.2, 0) is 15.1 Å². The van der Waals surface area contributed by atoms with Gasteiger partial charge in [-0.2, -0.15) is 0 Å². The van der Waals surface area contributed by atoms with E-state index in [0.29, 0.717) is 0 Å². The van der Waals surface area contributed by atoms with Gasteiger partial charge in [-0.3, -0.25) is 4.79 Å². The second-order valence-electron chi connectivity index (χ2n) is 4.02. The summed E-state index contributed by atoms with van der Waals surface area (Å²) in [5.74, 6) is -1.96. The molecule has 17 heavy (non-hydrogen) atoms. The van der Waals surface area contributed by atoms with E-state index in [-0.39, 0.29) is 18.6 Å². The Hall–Kier alpha value is -1.49. The van der Waals surface area contributed by atoms with E-state index in [2.05, 4.69) is 0 Å². The highest BCUT2D eigenvalue weighted by Crippen LogP contribution is 2.25. The molecule has 2 N–H and O–H groups in total. The van der Waals surface area contributed by atoms with E-state index < -0.39 is 23.1 Å². The standard InChI is InChI=1S/C12H15F2NO2/c1-3-17-11(16)7-12(2,15)9-5-4-8(13)6-10(9)14/h4-6H,3,7,15H2,1-2H3/t12-/m0/s1. The summed E-state index contributed by atoms with van der Waals surface area (Å²) in [5, 5.41) is 0. The van der Waals surface area contributed by atoms with Crippen LogP contribution in [0.5, 0.6) is 0 Å². The molecule has 5 heteroatoms. The van der Waals surface area contributed by atoms with Crippen LogP contribution in [0.4, 0.5) is 8.78 Å². The number of esters is 1. The van der Waals surface area contributed by atoms with Gasteiger partial charge < -0.3 is 10.5 Å². The van der Waals surface area contributed by atoms with Gasteiger partial charge in [0.2, 0.25) is 0 Å². The summed E-state index contributed by atoms with van der Waals surface area (Å²) in [6.45, 7) is 3.41. The molecule has 0 fully saturated rings. The molecule has 3 nitrogen and oxygen atoms in total. The molecule has 0 heterocycles. The molecule has 0 saturated carbocycles. The zero-order valence-electron chi connectivity index (χ0n) is 9.80. The molecule has 0 aliphatic carbocycles. The lowest BCUT2D eigenvalue weighted by Gasteiger charge is -2.24. The minimum absolute atomic E-state index is 0.0898. The van der Waals surface area contributed by atoms with Crippen molar-refractivity contribution >= 4 is 5.97 Å². The zero-order valence-corrected chi connectivity index (χ0v) is 9.80. The Balaban J connectivity index is 2.92. The average molecular weight is 243 g/mol. The highest BCUT2D eigenvalue weighted by atomic mass is 19.1. The van der Waals surface area contributed by atoms with Gasteiger partial charge in [0.25, 0.3) is 0 Å². The third-order valence-corrected chi connectivity index (χ3v) is 2.36. The molecule has 94 valence electrons. The van der Waals surface area contributed by atoms with Crippen molar-refractivity contribution in [1.82, 2.24) is 0 Å². The molecule has 1 aromatic carbocycles. The average Bonchev–Trinajstić information content (AvgIpc) is 2.15. The molecule has 0 aliphatic heterocycles. The summed E-state index contributed by atoms with van der Waals surface area (Å²) in [4.78, 5) is 11.3. The normalized spacial score (nSPS) is 14.2. The molecule has 1 rings (SSSR count). The minimum atomic E-state index is -1.22. The first-order valence-electron chi connectivity index (χ1n) is 5.27. The molecule has 0 amide bonds. The summed E-state index contributed by atoms with van der Waals surface area (Å²) >= 11 is 0. The molecule has 0 aliphatic rings. The van der Waals surface area contributed by atoms with Crippen molar-refractivity contribution < 1.29 is 18.3 Å². The molecule has 0 bridgehead atoms. The predicted octanol–water partition coefficient (Wildman–Crippen LogP) is 2.09. The topological polar surface area (TPSA) is 52.3 Å². The molecule has 0 saturated heterocycles. The van der Waals surface area contributed by atoms with Gasteiger partial charge in [0.15, 0.2) is 0 Å². The Bertz CT molecular complexity index is 419. The number of halogens is 2. The lowest BCUT2D eigenvalue weighted by molar-refractivity contribution is -0.144. The van der Waals surface area contributed by atoms with Crippen molar-refractivity contribution in [2.75, 3.05) is 6.61 Å². The lowest BCUT2D eigenvalue weighted by Crippen LogP contribution is -2.37. The van der Waals surface area contributed by atoms with Gasteiger partial charge in [0.1, 0.15) is 11.6 Å². The van der Waals surface area contributed by atoms with Crippen molar-refractivity contribution in [3.05, 3.63) is 35.4 Å². The van der Waals surface area contributed by atoms with E-state index in [9.17, 15) is 13.6 Å². The third-order valence-electron chi connectivity index (χ3n) is 2.36. The Kier molecular flexibility index (Phi) is 4.17. The number of carbonyl (C=O) groups is 1. The molecule has 0 radical (unpaired) electrons. The first kappa shape index (κ1) is 13.6. The largest absolute Gasteiger partial charge is 0.466 e. The highest BCUT2D eigenvalue weighted by Gasteiger charge is 2.28. The van der Waals surface area contributed by atoms with Crippen molar-refractivity contribution in [1.29, 1.82) is 0 Å². The fourth-order valence-electron chi connectivity index (χ4n) is 1.56. The second-order valence-corrected chi connectivity index (χ2v) is 4.02. The van der Waals surface area contributed by atoms with E-state index >= 15 is 0 Å². The Morgan fingerprint density at radius 2 is 2.12 bits per heavy atom. The maximum atomic E-state index is 13.5. The number of hydrogen-bond donors (Lipinski definition) is 1. The fraction of sp³-hybridized carbons (Fsp3) is 0.417. The van der Waals surface area contributed by atoms with Gasteiger partial charge in [0.05, 0.1) is 18.6 Å². The first-order valence-corrected chi connectivity index (χ1v) is 5.27. The number of ether oxygens (including phenoxy) is 1. The molecular formula is C12H15F2NO2. The zero-order chi connectivity index (χ0) is 13.1. The summed E-state index contributed by atoms with van der Waals surface area (Å²) in [6.07, 6.45) is -0.163. The van der Waals surface area contributed by atoms with Gasteiger partial charge in [-0.05, 0) is 19.9 Å². The van der Waals surface area contributed by atoms with Crippen LogP contribution in [0, 0.1) is 11.6 Å². The number of hydrogen-bond acceptors (Lipinski definition) is 3. The van der Waals surface area contributed by atoms with Crippen molar-refractivity contribution in [2.24, 2.45) is 5.73 Å². The highest BCUT2D eigenvalue weighted by molar-refractivity contribution is 5.71. The van der Waals surface area contributed by atoms with Crippen LogP contribution in [0.25, 0.3) is 0 Å². The van der Waals surface area contributed by atoms with E-state index in [0.717, 1.165) is 12.1 Å². The Morgan fingerprint density at radius 1 is 1.47 bits per heavy atom. The Morgan fingerprint density at radius 3 is 2.65 bits per heavy atom. The smallest absolute Gasteiger partial charge is 0.307 e. The first-order chi connectivity index (χ1) is 7.86. The van der Waals surface area contributed by atoms with Gasteiger partial charge >= 0.3 is 5.97 Å². The van der Waals surface area contributed by atoms with E-state index in [1.807, 2.05) is 0 Å². The number of benzene rings is 1. The lowest BCUT2D eigenvalue weighted by atomic mass is 9.89. The van der Waals surface area contributed by atoms with Crippen molar-refractivity contribution in [3.8, 4) is 0 Å². The number of nitrogens with two attached hydrogens (primary N) is 1. The van der Waals surface area contributed by atoms with Crippen LogP contribution in [0.3, 0.4) is 0 Å². The predicted molar refractivity (Wildman–Crippen MR) is 59.1 cm³/mol. The van der Waals surface area contributed by atoms with E-state index in [1.54, 1.807) is 6.92 Å². The number of carbonyl (C=O) groups excluding carboxylic acids is 1. The van der Waals surface area contributed by atoms with Crippen LogP contribution < -0.4 is 5.73 Å². The van der Waals surface area contributed by atoms with Crippen molar-refractivity contribution in [3.63, 3.8) is 0 Å². The van der Waals surface area contributed by atoms with E-state index in [4.69, 9.17) is 10.5 Å². The minimum Gasteiger partial charge on any atom is -0.466 e. The Labute approximate surface area is 98.6 Å². The summed E-state index contributed by atoms with van der Waals surface area (Å²) < 4.78 is 31.0. The second kappa shape index (κ2) is 5.23. The molecule has 0 unspecified atom stereocenters. The summed E-state index contributed by atoms with van der Waals surface area (Å²) in [6, 6.07) is 3.09. The van der Waals surface area contributed by atoms with Crippen LogP contribution >= 0.6 is 0 Å².